The molecule has 0 aromatic heterocycles. The fourth-order valence-corrected chi connectivity index (χ4v) is 2.53. The quantitative estimate of drug-likeness (QED) is 0.620. The zero-order valence-electron chi connectivity index (χ0n) is 11.4. The Hall–Kier alpha value is -0.393. The summed E-state index contributed by atoms with van der Waals surface area (Å²) in [6.45, 7) is 11.2. The zero-order chi connectivity index (χ0) is 13.3. The van der Waals surface area contributed by atoms with Gasteiger partial charge >= 0.3 is 5.97 Å². The highest BCUT2D eigenvalue weighted by atomic mass is 28.4. The third-order valence-corrected chi connectivity index (χ3v) is 8.39. The van der Waals surface area contributed by atoms with Crippen LogP contribution in [0, 0.1) is 5.92 Å². The second-order valence-corrected chi connectivity index (χ2v) is 11.1. The van der Waals surface area contributed by atoms with Crippen LogP contribution in [0.25, 0.3) is 0 Å². The minimum absolute atomic E-state index is 0.0166. The van der Waals surface area contributed by atoms with Crippen molar-refractivity contribution in [2.45, 2.75) is 51.4 Å². The summed E-state index contributed by atoms with van der Waals surface area (Å²) in [7, 11) is -1.81. The molecule has 4 nitrogen and oxygen atoms in total. The molecule has 0 amide bonds. The minimum Gasteiger partial charge on any atom is -0.460 e. The van der Waals surface area contributed by atoms with Crippen LogP contribution in [0.1, 0.15) is 27.2 Å². The van der Waals surface area contributed by atoms with Gasteiger partial charge in [-0.3, -0.25) is 4.79 Å². The molecule has 5 heteroatoms. The van der Waals surface area contributed by atoms with Crippen molar-refractivity contribution in [2.24, 2.45) is 5.92 Å². The second kappa shape index (κ2) is 5.08. The standard InChI is InChI=1S/C12H24O4Si/c1-12(2,3)17(4,5)15-8-10-9(7-13)6-11(14)16-10/h9-10,13H,6-8H2,1-5H3/t9-,10-/m1/s1. The fourth-order valence-electron chi connectivity index (χ4n) is 1.52. The Morgan fingerprint density at radius 1 is 1.47 bits per heavy atom. The van der Waals surface area contributed by atoms with Gasteiger partial charge in [-0.05, 0) is 18.1 Å². The summed E-state index contributed by atoms with van der Waals surface area (Å²) < 4.78 is 11.2. The van der Waals surface area contributed by atoms with Gasteiger partial charge in [0.2, 0.25) is 0 Å². The molecule has 0 aromatic rings. The van der Waals surface area contributed by atoms with Crippen molar-refractivity contribution >= 4 is 14.3 Å². The maximum Gasteiger partial charge on any atom is 0.306 e. The lowest BCUT2D eigenvalue weighted by molar-refractivity contribution is -0.142. The lowest BCUT2D eigenvalue weighted by atomic mass is 10.0. The minimum atomic E-state index is -1.81. The van der Waals surface area contributed by atoms with Crippen molar-refractivity contribution in [3.05, 3.63) is 0 Å². The van der Waals surface area contributed by atoms with Crippen LogP contribution in [0.5, 0.6) is 0 Å². The first-order valence-corrected chi connectivity index (χ1v) is 9.02. The maximum absolute atomic E-state index is 11.2. The Balaban J connectivity index is 2.53. The molecule has 0 aromatic carbocycles. The van der Waals surface area contributed by atoms with E-state index in [-0.39, 0.29) is 29.6 Å². The van der Waals surface area contributed by atoms with Crippen LogP contribution in [0.2, 0.25) is 18.1 Å². The van der Waals surface area contributed by atoms with Gasteiger partial charge in [0, 0.05) is 5.92 Å². The van der Waals surface area contributed by atoms with Crippen LogP contribution < -0.4 is 0 Å². The van der Waals surface area contributed by atoms with E-state index >= 15 is 0 Å². The van der Waals surface area contributed by atoms with Crippen LogP contribution in [-0.4, -0.2) is 38.7 Å². The molecule has 0 saturated carbocycles. The summed E-state index contributed by atoms with van der Waals surface area (Å²) >= 11 is 0. The number of cyclic esters (lactones) is 1. The van der Waals surface area contributed by atoms with Gasteiger partial charge < -0.3 is 14.3 Å². The Morgan fingerprint density at radius 3 is 2.53 bits per heavy atom. The molecule has 1 saturated heterocycles. The Labute approximate surface area is 104 Å². The van der Waals surface area contributed by atoms with E-state index in [1.54, 1.807) is 0 Å². The number of carbonyl (C=O) groups is 1. The first-order valence-electron chi connectivity index (χ1n) is 6.11. The van der Waals surface area contributed by atoms with Crippen molar-refractivity contribution in [1.82, 2.24) is 0 Å². The van der Waals surface area contributed by atoms with Crippen molar-refractivity contribution in [1.29, 1.82) is 0 Å². The van der Waals surface area contributed by atoms with E-state index in [9.17, 15) is 4.79 Å². The number of hydrogen-bond donors (Lipinski definition) is 1. The fraction of sp³-hybridized carbons (Fsp3) is 0.917. The summed E-state index contributed by atoms with van der Waals surface area (Å²) in [5.41, 5.74) is 0. The number of carbonyl (C=O) groups excluding carboxylic acids is 1. The monoisotopic (exact) mass is 260 g/mol. The molecule has 1 N–H and O–H groups in total. The molecule has 0 aliphatic carbocycles. The largest absolute Gasteiger partial charge is 0.460 e. The molecule has 0 bridgehead atoms. The van der Waals surface area contributed by atoms with Crippen molar-refractivity contribution in [3.8, 4) is 0 Å². The average Bonchev–Trinajstić information content (AvgIpc) is 2.54. The Bertz CT molecular complexity index is 283. The van der Waals surface area contributed by atoms with Gasteiger partial charge in [-0.15, -0.1) is 0 Å². The van der Waals surface area contributed by atoms with Crippen molar-refractivity contribution < 1.29 is 19.1 Å². The zero-order valence-corrected chi connectivity index (χ0v) is 12.4. The number of esters is 1. The average molecular weight is 260 g/mol. The SMILES string of the molecule is CC(C)(C)[Si](C)(C)OC[C@H]1OC(=O)C[C@@H]1CO. The van der Waals surface area contributed by atoms with E-state index in [0.717, 1.165) is 0 Å². The third kappa shape index (κ3) is 3.53. The molecule has 0 unspecified atom stereocenters. The summed E-state index contributed by atoms with van der Waals surface area (Å²) in [5.74, 6) is -0.333. The lowest BCUT2D eigenvalue weighted by Gasteiger charge is -2.37. The molecule has 0 radical (unpaired) electrons. The Morgan fingerprint density at radius 2 is 2.06 bits per heavy atom. The van der Waals surface area contributed by atoms with E-state index in [2.05, 4.69) is 33.9 Å². The molecule has 1 fully saturated rings. The van der Waals surface area contributed by atoms with Crippen molar-refractivity contribution in [3.63, 3.8) is 0 Å². The number of ether oxygens (including phenoxy) is 1. The predicted molar refractivity (Wildman–Crippen MR) is 68.2 cm³/mol. The number of aliphatic hydroxyl groups is 1. The van der Waals surface area contributed by atoms with E-state index in [1.807, 2.05) is 0 Å². The van der Waals surface area contributed by atoms with Crippen LogP contribution in [0.3, 0.4) is 0 Å². The van der Waals surface area contributed by atoms with E-state index < -0.39 is 8.32 Å². The number of aliphatic hydroxyl groups excluding tert-OH is 1. The van der Waals surface area contributed by atoms with Crippen LogP contribution >= 0.6 is 0 Å². The van der Waals surface area contributed by atoms with Gasteiger partial charge in [-0.25, -0.2) is 0 Å². The molecule has 1 rings (SSSR count). The van der Waals surface area contributed by atoms with Gasteiger partial charge in [0.05, 0.1) is 19.6 Å². The summed E-state index contributed by atoms with van der Waals surface area (Å²) in [6.07, 6.45) is 0.0313. The highest BCUT2D eigenvalue weighted by molar-refractivity contribution is 6.74. The Kier molecular flexibility index (Phi) is 4.38. The molecular formula is C12H24O4Si. The molecule has 1 aliphatic rings. The summed E-state index contributed by atoms with van der Waals surface area (Å²) in [5, 5.41) is 9.31. The summed E-state index contributed by atoms with van der Waals surface area (Å²) in [6, 6.07) is 0. The van der Waals surface area contributed by atoms with Gasteiger partial charge in [0.1, 0.15) is 6.10 Å². The summed E-state index contributed by atoms with van der Waals surface area (Å²) in [4.78, 5) is 11.2. The molecule has 2 atom stereocenters. The molecule has 1 heterocycles. The molecule has 17 heavy (non-hydrogen) atoms. The lowest BCUT2D eigenvalue weighted by Crippen LogP contribution is -2.43. The number of hydrogen-bond acceptors (Lipinski definition) is 4. The van der Waals surface area contributed by atoms with Gasteiger partial charge in [0.25, 0.3) is 0 Å². The normalized spacial score (nSPS) is 26.1. The second-order valence-electron chi connectivity index (χ2n) is 6.25. The predicted octanol–water partition coefficient (Wildman–Crippen LogP) is 1.93. The third-order valence-electron chi connectivity index (χ3n) is 3.89. The van der Waals surface area contributed by atoms with E-state index in [0.29, 0.717) is 13.0 Å². The molecule has 100 valence electrons. The van der Waals surface area contributed by atoms with Crippen LogP contribution in [0.4, 0.5) is 0 Å². The number of rotatable bonds is 4. The van der Waals surface area contributed by atoms with Crippen molar-refractivity contribution in [2.75, 3.05) is 13.2 Å². The van der Waals surface area contributed by atoms with Gasteiger partial charge in [-0.1, -0.05) is 20.8 Å². The van der Waals surface area contributed by atoms with E-state index in [4.69, 9.17) is 14.3 Å². The topological polar surface area (TPSA) is 55.8 Å². The molecule has 1 aliphatic heterocycles. The first-order chi connectivity index (χ1) is 7.67. The van der Waals surface area contributed by atoms with Crippen LogP contribution in [0.15, 0.2) is 0 Å². The maximum atomic E-state index is 11.2. The van der Waals surface area contributed by atoms with Gasteiger partial charge in [0.15, 0.2) is 8.32 Å². The van der Waals surface area contributed by atoms with Crippen LogP contribution in [-0.2, 0) is 14.0 Å². The van der Waals surface area contributed by atoms with E-state index in [1.165, 1.54) is 0 Å². The molecule has 0 spiro atoms. The first kappa shape index (κ1) is 14.7. The smallest absolute Gasteiger partial charge is 0.306 e. The molecular weight excluding hydrogens is 236 g/mol. The van der Waals surface area contributed by atoms with Gasteiger partial charge in [-0.2, -0.15) is 0 Å². The highest BCUT2D eigenvalue weighted by Gasteiger charge is 2.40. The highest BCUT2D eigenvalue weighted by Crippen LogP contribution is 2.37.